The molecule has 3 N–H and O–H groups in total. The number of benzene rings is 8. The molecule has 6 aliphatic rings. The summed E-state index contributed by atoms with van der Waals surface area (Å²) in [5, 5.41) is 8.66. The quantitative estimate of drug-likeness (QED) is 0.0712. The number of carbonyl (C=O) groups is 4. The Hall–Kier alpha value is -9.75. The average Bonchev–Trinajstić information content (AvgIpc) is 1.81. The molecule has 0 aromatic heterocycles. The molecule has 4 amide bonds. The molecule has 1 saturated carbocycles. The van der Waals surface area contributed by atoms with Crippen LogP contribution in [0.2, 0.25) is 0 Å². The summed E-state index contributed by atoms with van der Waals surface area (Å²) in [6, 6.07) is 55.5. The Labute approximate surface area is 615 Å². The van der Waals surface area contributed by atoms with E-state index in [1.807, 2.05) is 56.4 Å². The number of hydrogen-bond donors (Lipinski definition) is 3. The summed E-state index contributed by atoms with van der Waals surface area (Å²) in [5.74, 6) is -2.91. The Morgan fingerprint density at radius 3 is 1.31 bits per heavy atom. The molecule has 0 spiro atoms. The van der Waals surface area contributed by atoms with Crippen molar-refractivity contribution in [1.29, 1.82) is 0 Å². The first-order valence-corrected chi connectivity index (χ1v) is 37.0. The monoisotopic (exact) mass is 1430 g/mol. The molecule has 14 nitrogen and oxygen atoms in total. The minimum Gasteiger partial charge on any atom is -0.453 e. The van der Waals surface area contributed by atoms with Gasteiger partial charge in [-0.25, -0.2) is 4.79 Å². The zero-order chi connectivity index (χ0) is 74.5. The van der Waals surface area contributed by atoms with Gasteiger partial charge in [0.15, 0.2) is 0 Å². The van der Waals surface area contributed by atoms with Crippen LogP contribution in [0.3, 0.4) is 0 Å². The highest BCUT2D eigenvalue weighted by atomic mass is 19.4. The van der Waals surface area contributed by atoms with Gasteiger partial charge in [-0.05, 0) is 191 Å². The predicted octanol–water partition coefficient (Wildman–Crippen LogP) is 19.0. The summed E-state index contributed by atoms with van der Waals surface area (Å²) < 4.78 is 74.6. The van der Waals surface area contributed by atoms with E-state index >= 15 is 0 Å². The van der Waals surface area contributed by atoms with Crippen molar-refractivity contribution in [2.24, 2.45) is 5.92 Å². The largest absolute Gasteiger partial charge is 0.458 e. The van der Waals surface area contributed by atoms with Gasteiger partial charge in [0, 0.05) is 142 Å². The molecule has 19 heteroatoms. The van der Waals surface area contributed by atoms with Gasteiger partial charge in [0.1, 0.15) is 0 Å². The van der Waals surface area contributed by atoms with E-state index in [-0.39, 0.29) is 23.6 Å². The van der Waals surface area contributed by atoms with E-state index in [9.17, 15) is 41.1 Å². The van der Waals surface area contributed by atoms with Gasteiger partial charge in [0.05, 0.1) is 13.7 Å². The maximum absolute atomic E-state index is 13.5. The van der Waals surface area contributed by atoms with Gasteiger partial charge in [-0.2, -0.15) is 22.0 Å². The molecular formula is C86H99F5N8O6. The van der Waals surface area contributed by atoms with Gasteiger partial charge in [0.2, 0.25) is 17.7 Å². The van der Waals surface area contributed by atoms with Crippen LogP contribution >= 0.6 is 0 Å². The molecule has 1 saturated heterocycles. The van der Waals surface area contributed by atoms with Crippen LogP contribution in [0.15, 0.2) is 170 Å². The van der Waals surface area contributed by atoms with Crippen molar-refractivity contribution < 1.29 is 50.6 Å². The van der Waals surface area contributed by atoms with E-state index in [0.717, 1.165) is 156 Å². The number of anilines is 8. The molecule has 1 unspecified atom stereocenters. The molecule has 8 aromatic carbocycles. The summed E-state index contributed by atoms with van der Waals surface area (Å²) >= 11 is 0. The molecular weight excluding hydrogens is 1340 g/mol. The SMILES string of the molecule is CC(=O)N(C)c1ccc2c(c1)CCN2Cc1ccc(C(C)C)cc1.CCC(=O)Nc1ccc2c(c1)CCN2Cc1ccc(C2CCOC2)cc1.COC(=O)Nc1ccc2c(c1)CCN2Cc1ccc(C(C)C)cc1.O=C(Nc1ccc2c(c1)CCN2Cc1ccc(C(F)(F)C(F)(F)F)cc1)C1CCCC1. The number of ether oxygens (including phenoxy) is 2. The highest BCUT2D eigenvalue weighted by molar-refractivity contribution is 5.94. The minimum absolute atomic E-state index is 0.0584. The Balaban J connectivity index is 0.000000141. The molecule has 0 bridgehead atoms. The van der Waals surface area contributed by atoms with Gasteiger partial charge < -0.3 is 44.6 Å². The topological polar surface area (TPSA) is 139 Å². The molecule has 0 radical (unpaired) electrons. The second-order valence-electron chi connectivity index (χ2n) is 29.0. The lowest BCUT2D eigenvalue weighted by atomic mass is 9.97. The number of halogens is 5. The van der Waals surface area contributed by atoms with E-state index in [4.69, 9.17) is 4.74 Å². The molecule has 2 fully saturated rings. The number of rotatable bonds is 18. The lowest BCUT2D eigenvalue weighted by molar-refractivity contribution is -0.289. The number of fused-ring (bicyclic) bond motifs is 4. The fraction of sp³-hybridized carbons (Fsp3) is 0.395. The van der Waals surface area contributed by atoms with E-state index in [1.54, 1.807) is 11.8 Å². The molecule has 8 aromatic rings. The predicted molar refractivity (Wildman–Crippen MR) is 411 cm³/mol. The van der Waals surface area contributed by atoms with Crippen molar-refractivity contribution in [3.05, 3.63) is 237 Å². The van der Waals surface area contributed by atoms with Crippen molar-refractivity contribution >= 4 is 69.3 Å². The number of methoxy groups -OCH3 is 1. The second kappa shape index (κ2) is 34.4. The Kier molecular flexibility index (Phi) is 25.1. The molecule has 14 rings (SSSR count). The van der Waals surface area contributed by atoms with Crippen molar-refractivity contribution in [1.82, 2.24) is 0 Å². The molecule has 1 atom stereocenters. The third kappa shape index (κ3) is 19.4. The van der Waals surface area contributed by atoms with Gasteiger partial charge in [0.25, 0.3) is 0 Å². The molecule has 1 aliphatic carbocycles. The maximum Gasteiger partial charge on any atom is 0.458 e. The fourth-order valence-electron chi connectivity index (χ4n) is 14.6. The van der Waals surface area contributed by atoms with Crippen molar-refractivity contribution in [3.8, 4) is 0 Å². The first-order chi connectivity index (χ1) is 50.4. The highest BCUT2D eigenvalue weighted by Crippen LogP contribution is 2.44. The van der Waals surface area contributed by atoms with Crippen LogP contribution in [0, 0.1) is 5.92 Å². The summed E-state index contributed by atoms with van der Waals surface area (Å²) in [5.41, 5.74) is 21.0. The lowest BCUT2D eigenvalue weighted by Crippen LogP contribution is -2.33. The maximum atomic E-state index is 13.5. The van der Waals surface area contributed by atoms with Gasteiger partial charge in [-0.3, -0.25) is 19.7 Å². The Morgan fingerprint density at radius 2 is 0.924 bits per heavy atom. The van der Waals surface area contributed by atoms with Crippen LogP contribution in [0.4, 0.5) is 72.2 Å². The smallest absolute Gasteiger partial charge is 0.453 e. The summed E-state index contributed by atoms with van der Waals surface area (Å²) in [7, 11) is 3.20. The van der Waals surface area contributed by atoms with E-state index < -0.39 is 23.8 Å². The first-order valence-electron chi connectivity index (χ1n) is 37.0. The molecule has 5 aliphatic heterocycles. The fourth-order valence-corrected chi connectivity index (χ4v) is 14.6. The standard InChI is InChI=1S/C23H23F5N2O.C22H26N2O2.C21H26N2O.C20H24N2O2/c24-22(25,23(26,27)28)18-7-5-15(6-8-18)14-30-12-11-17-13-19(9-10-20(17)30)29-21(31)16-3-1-2-4-16;1-2-22(25)23-20-7-8-21-18(13-20)9-11-24(21)14-16-3-5-17(6-4-16)19-10-12-26-15-19;1-15(2)18-7-5-17(6-8-18)14-23-12-11-19-13-20(9-10-21(19)23)22(4)16(3)24;1-14(2)16-6-4-15(5-7-16)13-22-11-10-17-12-18(8-9-19(17)22)21-20(23)24-3/h5-10,13,16H,1-4,11-12,14H2,(H,29,31);3-8,13,19H,2,9-12,14-15H2,1H3,(H,23,25);5-10,13,15H,11-12,14H2,1-4H3;4-9,12,14H,10-11,13H2,1-3H3,(H,21,23). The van der Waals surface area contributed by atoms with Crippen LogP contribution in [0.5, 0.6) is 0 Å². The normalized spacial score (nSPS) is 15.7. The number of nitrogens with one attached hydrogen (secondary N) is 3. The Morgan fingerprint density at radius 1 is 0.524 bits per heavy atom. The van der Waals surface area contributed by atoms with E-state index in [2.05, 4.69) is 171 Å². The lowest BCUT2D eigenvalue weighted by Gasteiger charge is -2.22. The number of carbonyl (C=O) groups excluding carboxylic acids is 4. The average molecular weight is 1440 g/mol. The van der Waals surface area contributed by atoms with Crippen molar-refractivity contribution in [2.45, 2.75) is 162 Å². The van der Waals surface area contributed by atoms with Crippen molar-refractivity contribution in [3.63, 3.8) is 0 Å². The summed E-state index contributed by atoms with van der Waals surface area (Å²) in [6.07, 6.45) is 3.46. The number of nitrogens with zero attached hydrogens (tertiary/aromatic N) is 5. The van der Waals surface area contributed by atoms with Crippen LogP contribution in [0.25, 0.3) is 0 Å². The molecule has 5 heterocycles. The van der Waals surface area contributed by atoms with Crippen molar-refractivity contribution in [2.75, 3.05) is 94.0 Å². The highest BCUT2D eigenvalue weighted by Gasteiger charge is 2.58. The van der Waals surface area contributed by atoms with Gasteiger partial charge in [-0.1, -0.05) is 145 Å². The van der Waals surface area contributed by atoms with E-state index in [0.29, 0.717) is 42.8 Å². The van der Waals surface area contributed by atoms with Crippen LogP contribution in [0.1, 0.15) is 165 Å². The van der Waals surface area contributed by atoms with E-state index in [1.165, 1.54) is 86.4 Å². The minimum atomic E-state index is -5.62. The Bertz CT molecular complexity index is 4290. The van der Waals surface area contributed by atoms with Gasteiger partial charge in [-0.15, -0.1) is 0 Å². The van der Waals surface area contributed by atoms with Gasteiger partial charge >= 0.3 is 18.2 Å². The molecule has 105 heavy (non-hydrogen) atoms. The summed E-state index contributed by atoms with van der Waals surface area (Å²) in [6.45, 7) is 21.0. The number of hydrogen-bond acceptors (Lipinski definition) is 10. The first kappa shape index (κ1) is 76.4. The number of alkyl halides is 5. The third-order valence-corrected chi connectivity index (χ3v) is 21.0. The second-order valence-corrected chi connectivity index (χ2v) is 29.0. The zero-order valence-electron chi connectivity index (χ0n) is 61.7. The summed E-state index contributed by atoms with van der Waals surface area (Å²) in [4.78, 5) is 57.8. The molecule has 554 valence electrons. The third-order valence-electron chi connectivity index (χ3n) is 21.0. The number of amides is 4. The van der Waals surface area contributed by atoms with Crippen LogP contribution in [-0.4, -0.2) is 83.5 Å². The van der Waals surface area contributed by atoms with Crippen LogP contribution < -0.4 is 40.4 Å². The zero-order valence-corrected chi connectivity index (χ0v) is 61.7. The van der Waals surface area contributed by atoms with Crippen LogP contribution in [-0.2, 0) is 81.6 Å².